The minimum absolute atomic E-state index is 0.0569. The SMILES string of the molecule is NCC1OC(OC2C(CSCCOCCSSCCOCCSCC3OC(OC4C(O)C(O)CC(N)C4OC4OC(CN)C(O)C(O)C4N)C(O)C3OC3OC(CN)C(O)C(O)C3N)OC(OC3C(O)C(N)CC(N)C3OC3OC(CN)C(O)C(O)C3N)C2O)C(N)C(O)C1O. The van der Waals surface area contributed by atoms with Gasteiger partial charge < -0.3 is 196 Å². The van der Waals surface area contributed by atoms with Gasteiger partial charge in [0.15, 0.2) is 37.7 Å². The van der Waals surface area contributed by atoms with E-state index >= 15 is 0 Å². The first-order valence-electron chi connectivity index (χ1n) is 32.1. The molecule has 96 heavy (non-hydrogen) atoms. The first-order chi connectivity index (χ1) is 45.8. The van der Waals surface area contributed by atoms with Crippen LogP contribution in [0, 0.1) is 0 Å². The molecule has 38 nitrogen and oxygen atoms in total. The van der Waals surface area contributed by atoms with E-state index in [-0.39, 0.29) is 50.5 Å². The fourth-order valence-corrected chi connectivity index (χ4v) is 16.1. The summed E-state index contributed by atoms with van der Waals surface area (Å²) in [5, 5.41) is 142. The topological polar surface area (TPSA) is 678 Å². The minimum Gasteiger partial charge on any atom is -0.390 e. The van der Waals surface area contributed by atoms with Crippen molar-refractivity contribution in [3.8, 4) is 0 Å². The van der Waals surface area contributed by atoms with Gasteiger partial charge in [0.2, 0.25) is 0 Å². The van der Waals surface area contributed by atoms with Gasteiger partial charge in [-0.3, -0.25) is 0 Å². The lowest BCUT2D eigenvalue weighted by atomic mass is 9.84. The summed E-state index contributed by atoms with van der Waals surface area (Å²) < 4.78 is 84.7. The van der Waals surface area contributed by atoms with Gasteiger partial charge >= 0.3 is 0 Å². The number of ether oxygens (including phenoxy) is 14. The van der Waals surface area contributed by atoms with Crippen molar-refractivity contribution in [3.63, 3.8) is 0 Å². The third kappa shape index (κ3) is 19.7. The van der Waals surface area contributed by atoms with Crippen LogP contribution in [0.4, 0.5) is 0 Å². The molecule has 0 aromatic carbocycles. The maximum atomic E-state index is 11.9. The third-order valence-corrected chi connectivity index (χ3v) is 22.7. The van der Waals surface area contributed by atoms with Crippen molar-refractivity contribution >= 4 is 45.1 Å². The van der Waals surface area contributed by atoms with Crippen LogP contribution in [-0.2, 0) is 66.3 Å². The Morgan fingerprint density at radius 3 is 0.927 bits per heavy atom. The van der Waals surface area contributed by atoms with Gasteiger partial charge in [-0.2, -0.15) is 23.5 Å². The molecule has 42 heteroatoms. The van der Waals surface area contributed by atoms with Crippen molar-refractivity contribution in [2.75, 3.05) is 87.1 Å². The highest BCUT2D eigenvalue weighted by Gasteiger charge is 2.58. The molecule has 38 unspecified atom stereocenters. The van der Waals surface area contributed by atoms with E-state index < -0.39 is 233 Å². The Bertz CT molecular complexity index is 2120. The third-order valence-electron chi connectivity index (χ3n) is 18.3. The van der Waals surface area contributed by atoms with E-state index in [0.717, 1.165) is 0 Å². The Morgan fingerprint density at radius 2 is 0.583 bits per heavy atom. The molecular formula is C54H105N11O27S4. The van der Waals surface area contributed by atoms with Crippen molar-refractivity contribution in [1.29, 1.82) is 0 Å². The van der Waals surface area contributed by atoms with Crippen LogP contribution in [0.5, 0.6) is 0 Å². The van der Waals surface area contributed by atoms with E-state index in [0.29, 0.717) is 49.4 Å². The van der Waals surface area contributed by atoms with Crippen molar-refractivity contribution in [2.24, 2.45) is 63.1 Å². The van der Waals surface area contributed by atoms with Crippen LogP contribution >= 0.6 is 45.1 Å². The zero-order chi connectivity index (χ0) is 70.0. The molecule has 6 aliphatic heterocycles. The Balaban J connectivity index is 0.772. The van der Waals surface area contributed by atoms with Crippen molar-refractivity contribution < 1.29 is 133 Å². The predicted octanol–water partition coefficient (Wildman–Crippen LogP) is -13.8. The molecular weight excluding hydrogens is 1360 g/mol. The highest BCUT2D eigenvalue weighted by molar-refractivity contribution is 8.76. The van der Waals surface area contributed by atoms with E-state index in [9.17, 15) is 66.4 Å². The van der Waals surface area contributed by atoms with Crippen LogP contribution in [0.1, 0.15) is 12.8 Å². The van der Waals surface area contributed by atoms with Crippen molar-refractivity contribution in [3.05, 3.63) is 0 Å². The average molecular weight is 1470 g/mol. The molecule has 38 atom stereocenters. The molecule has 8 fully saturated rings. The van der Waals surface area contributed by atoms with Gasteiger partial charge in [0.05, 0.1) is 75.0 Å². The van der Waals surface area contributed by atoms with Crippen molar-refractivity contribution in [1.82, 2.24) is 0 Å². The summed E-state index contributed by atoms with van der Waals surface area (Å²) in [7, 11) is 3.16. The van der Waals surface area contributed by atoms with Crippen LogP contribution < -0.4 is 63.1 Å². The first kappa shape index (κ1) is 81.5. The Hall–Kier alpha value is -0.120. The molecule has 6 heterocycles. The second-order valence-corrected chi connectivity index (χ2v) is 30.1. The monoisotopic (exact) mass is 1470 g/mol. The highest BCUT2D eigenvalue weighted by Crippen LogP contribution is 2.39. The molecule has 0 bridgehead atoms. The van der Waals surface area contributed by atoms with E-state index in [1.807, 2.05) is 0 Å². The molecule has 0 radical (unpaired) electrons. The minimum atomic E-state index is -1.66. The maximum Gasteiger partial charge on any atom is 0.187 e. The van der Waals surface area contributed by atoms with E-state index in [4.69, 9.17) is 129 Å². The lowest BCUT2D eigenvalue weighted by Crippen LogP contribution is -2.68. The summed E-state index contributed by atoms with van der Waals surface area (Å²) in [5.41, 5.74) is 67.3. The number of hydrogen-bond donors (Lipinski definition) is 24. The van der Waals surface area contributed by atoms with Gasteiger partial charge in [-0.25, -0.2) is 0 Å². The van der Waals surface area contributed by atoms with E-state index in [1.165, 1.54) is 23.5 Å². The standard InChI is InChI=1S/C54H105N11O27S4/c55-11-21-33(69)37(73)27(62)49(81-21)87-43-18(60)9-17(59)31(67)47(43)91-53-41(77)45(89-51-29(64)39(75)35(71)23(13-57)83-51)25(85-53)15-93-5-1-79-3-7-95-96-8-4-80-2-6-94-16-26-46(90-52-30(65)40(76)36(72)24(14-58)84-52)42(78)54(86-26)92-48-32(68)20(66)10-19(61)44(48)88-50-28(63)38(74)34(70)22(12-56)82-50/h17-54,66-78H,1-16,55-65H2. The first-order valence-corrected chi connectivity index (χ1v) is 36.9. The maximum absolute atomic E-state index is 11.9. The lowest BCUT2D eigenvalue weighted by molar-refractivity contribution is -0.311. The van der Waals surface area contributed by atoms with Crippen LogP contribution in [-0.4, -0.2) is 386 Å². The van der Waals surface area contributed by atoms with Gasteiger partial charge in [-0.15, -0.1) is 0 Å². The number of nitrogens with two attached hydrogens (primary N) is 11. The van der Waals surface area contributed by atoms with Crippen LogP contribution in [0.2, 0.25) is 0 Å². The molecule has 0 spiro atoms. The van der Waals surface area contributed by atoms with E-state index in [1.54, 1.807) is 21.6 Å². The molecule has 0 amide bonds. The molecule has 8 rings (SSSR count). The van der Waals surface area contributed by atoms with Crippen LogP contribution in [0.25, 0.3) is 0 Å². The van der Waals surface area contributed by atoms with Crippen LogP contribution in [0.3, 0.4) is 0 Å². The van der Waals surface area contributed by atoms with Gasteiger partial charge in [0.1, 0.15) is 128 Å². The predicted molar refractivity (Wildman–Crippen MR) is 342 cm³/mol. The van der Waals surface area contributed by atoms with Gasteiger partial charge in [0, 0.05) is 78.8 Å². The zero-order valence-corrected chi connectivity index (χ0v) is 56.0. The Labute approximate surface area is 571 Å². The average Bonchev–Trinajstić information content (AvgIpc) is 1.84. The summed E-state index contributed by atoms with van der Waals surface area (Å²) in [4.78, 5) is 0. The zero-order valence-electron chi connectivity index (χ0n) is 52.8. The molecule has 8 aliphatic rings. The lowest BCUT2D eigenvalue weighted by Gasteiger charge is -2.47. The smallest absolute Gasteiger partial charge is 0.187 e. The summed E-state index contributed by atoms with van der Waals surface area (Å²) in [5.74, 6) is 2.57. The number of aliphatic hydroxyl groups is 13. The number of hydrogen-bond acceptors (Lipinski definition) is 42. The molecule has 0 aromatic rings. The number of aliphatic hydroxyl groups excluding tert-OH is 13. The number of thioether (sulfide) groups is 2. The summed E-state index contributed by atoms with van der Waals surface area (Å²) in [6, 6.07) is -7.97. The largest absolute Gasteiger partial charge is 0.390 e. The molecule has 562 valence electrons. The molecule has 0 aromatic heterocycles. The van der Waals surface area contributed by atoms with Gasteiger partial charge in [0.25, 0.3) is 0 Å². The fourth-order valence-electron chi connectivity index (χ4n) is 12.5. The fraction of sp³-hybridized carbons (Fsp3) is 1.00. The normalized spacial score (nSPS) is 48.8. The summed E-state index contributed by atoms with van der Waals surface area (Å²) >= 11 is 2.78. The Morgan fingerprint density at radius 1 is 0.292 bits per heavy atom. The molecule has 2 saturated carbocycles. The highest BCUT2D eigenvalue weighted by atomic mass is 33.1. The molecule has 35 N–H and O–H groups in total. The second-order valence-electron chi connectivity index (χ2n) is 25.0. The Kier molecular flexibility index (Phi) is 32.5. The van der Waals surface area contributed by atoms with E-state index in [2.05, 4.69) is 0 Å². The summed E-state index contributed by atoms with van der Waals surface area (Å²) in [6.45, 7) is 0.674. The van der Waals surface area contributed by atoms with Gasteiger partial charge in [-0.1, -0.05) is 21.6 Å². The van der Waals surface area contributed by atoms with Crippen molar-refractivity contribution in [2.45, 2.75) is 245 Å². The summed E-state index contributed by atoms with van der Waals surface area (Å²) in [6.07, 6.45) is -42.2. The molecule has 6 saturated heterocycles. The van der Waals surface area contributed by atoms with Gasteiger partial charge in [-0.05, 0) is 12.8 Å². The molecule has 2 aliphatic carbocycles. The quantitative estimate of drug-likeness (QED) is 0.0214. The number of rotatable bonds is 33. The van der Waals surface area contributed by atoms with Crippen LogP contribution in [0.15, 0.2) is 0 Å². The second kappa shape index (κ2) is 38.2.